The molecule has 3 aromatic rings. The number of amides is 1. The first-order chi connectivity index (χ1) is 13.3. The zero-order valence-electron chi connectivity index (χ0n) is 15.1. The number of ether oxygens (including phenoxy) is 2. The predicted molar refractivity (Wildman–Crippen MR) is 94.2 cm³/mol. The van der Waals surface area contributed by atoms with Gasteiger partial charge < -0.3 is 14.8 Å². The molecule has 10 heteroatoms. The molecular formula is C18H17F3N4O3. The lowest BCUT2D eigenvalue weighted by Gasteiger charge is -2.12. The summed E-state index contributed by atoms with van der Waals surface area (Å²) in [5, 5.41) is 6.28. The molecule has 0 spiro atoms. The number of hydrogen-bond donors (Lipinski definition) is 1. The van der Waals surface area contributed by atoms with Gasteiger partial charge in [0.15, 0.2) is 11.3 Å². The Labute approximate surface area is 158 Å². The Bertz CT molecular complexity index is 1000. The molecule has 0 aliphatic rings. The highest BCUT2D eigenvalue weighted by Gasteiger charge is 2.36. The van der Waals surface area contributed by atoms with Gasteiger partial charge >= 0.3 is 6.18 Å². The minimum Gasteiger partial charge on any atom is -0.497 e. The van der Waals surface area contributed by atoms with Gasteiger partial charge in [0.2, 0.25) is 0 Å². The Morgan fingerprint density at radius 3 is 2.71 bits per heavy atom. The molecule has 2 heterocycles. The van der Waals surface area contributed by atoms with Crippen molar-refractivity contribution >= 4 is 11.6 Å². The Hall–Kier alpha value is -3.14. The molecule has 1 amide bonds. The van der Waals surface area contributed by atoms with Gasteiger partial charge in [-0.25, -0.2) is 9.50 Å². The van der Waals surface area contributed by atoms with Crippen LogP contribution in [0.2, 0.25) is 0 Å². The molecule has 7 nitrogen and oxygen atoms in total. The van der Waals surface area contributed by atoms with Crippen LogP contribution in [0.25, 0.3) is 16.9 Å². The second-order valence-electron chi connectivity index (χ2n) is 5.80. The lowest BCUT2D eigenvalue weighted by Crippen LogP contribution is -2.27. The maximum absolute atomic E-state index is 13.6. The monoisotopic (exact) mass is 394 g/mol. The van der Waals surface area contributed by atoms with Crippen LogP contribution in [0.15, 0.2) is 36.5 Å². The standard InChI is InChI=1S/C18H17F3N4O3/c1-27-7-6-22-17(26)13-10-23-25-15(18(19,20)21)9-14(24-16(13)25)11-4-3-5-12(8-11)28-2/h3-5,8-10H,6-7H2,1-2H3,(H,22,26). The van der Waals surface area contributed by atoms with E-state index in [1.807, 2.05) is 0 Å². The van der Waals surface area contributed by atoms with Crippen LogP contribution in [-0.4, -0.2) is 47.9 Å². The summed E-state index contributed by atoms with van der Waals surface area (Å²) in [6, 6.07) is 7.37. The maximum atomic E-state index is 13.6. The number of aromatic nitrogens is 3. The zero-order valence-corrected chi connectivity index (χ0v) is 15.1. The summed E-state index contributed by atoms with van der Waals surface area (Å²) in [5.41, 5.74) is -0.829. The molecule has 0 unspecified atom stereocenters. The maximum Gasteiger partial charge on any atom is 0.433 e. The highest BCUT2D eigenvalue weighted by Crippen LogP contribution is 2.33. The van der Waals surface area contributed by atoms with E-state index < -0.39 is 17.8 Å². The Morgan fingerprint density at radius 1 is 1.25 bits per heavy atom. The molecule has 1 aromatic carbocycles. The third-order valence-electron chi connectivity index (χ3n) is 3.96. The third-order valence-corrected chi connectivity index (χ3v) is 3.96. The Balaban J connectivity index is 2.15. The average molecular weight is 394 g/mol. The number of benzene rings is 1. The van der Waals surface area contributed by atoms with E-state index in [-0.39, 0.29) is 30.1 Å². The van der Waals surface area contributed by atoms with E-state index in [4.69, 9.17) is 9.47 Å². The number of carbonyl (C=O) groups is 1. The number of carbonyl (C=O) groups excluding carboxylic acids is 1. The van der Waals surface area contributed by atoms with Gasteiger partial charge in [-0.15, -0.1) is 0 Å². The molecule has 0 fully saturated rings. The fourth-order valence-electron chi connectivity index (χ4n) is 2.62. The number of nitrogens with zero attached hydrogens (tertiary/aromatic N) is 3. The van der Waals surface area contributed by atoms with Gasteiger partial charge in [0.25, 0.3) is 5.91 Å². The van der Waals surface area contributed by atoms with Crippen molar-refractivity contribution in [3.63, 3.8) is 0 Å². The number of methoxy groups -OCH3 is 2. The second kappa shape index (κ2) is 7.85. The van der Waals surface area contributed by atoms with Crippen molar-refractivity contribution in [1.82, 2.24) is 19.9 Å². The van der Waals surface area contributed by atoms with E-state index in [1.165, 1.54) is 14.2 Å². The van der Waals surface area contributed by atoms with Gasteiger partial charge in [0.05, 0.1) is 25.6 Å². The van der Waals surface area contributed by atoms with E-state index in [1.54, 1.807) is 24.3 Å². The van der Waals surface area contributed by atoms with E-state index >= 15 is 0 Å². The topological polar surface area (TPSA) is 77.8 Å². The highest BCUT2D eigenvalue weighted by molar-refractivity contribution is 5.99. The predicted octanol–water partition coefficient (Wildman–Crippen LogP) is 2.80. The fraction of sp³-hybridized carbons (Fsp3) is 0.278. The second-order valence-corrected chi connectivity index (χ2v) is 5.80. The number of halogens is 3. The molecule has 28 heavy (non-hydrogen) atoms. The molecule has 0 radical (unpaired) electrons. The smallest absolute Gasteiger partial charge is 0.433 e. The molecule has 0 atom stereocenters. The van der Waals surface area contributed by atoms with Crippen molar-refractivity contribution in [2.45, 2.75) is 6.18 Å². The van der Waals surface area contributed by atoms with E-state index in [0.29, 0.717) is 15.8 Å². The number of alkyl halides is 3. The van der Waals surface area contributed by atoms with Crippen LogP contribution >= 0.6 is 0 Å². The van der Waals surface area contributed by atoms with Crippen LogP contribution in [-0.2, 0) is 10.9 Å². The molecule has 1 N–H and O–H groups in total. The molecule has 0 bridgehead atoms. The molecule has 148 valence electrons. The molecule has 2 aromatic heterocycles. The van der Waals surface area contributed by atoms with E-state index in [2.05, 4.69) is 15.4 Å². The number of hydrogen-bond acceptors (Lipinski definition) is 5. The van der Waals surface area contributed by atoms with E-state index in [9.17, 15) is 18.0 Å². The van der Waals surface area contributed by atoms with Crippen molar-refractivity contribution in [3.05, 3.63) is 47.8 Å². The van der Waals surface area contributed by atoms with Crippen LogP contribution in [0.3, 0.4) is 0 Å². The summed E-state index contributed by atoms with van der Waals surface area (Å²) in [4.78, 5) is 16.6. The number of rotatable bonds is 6. The Kier molecular flexibility index (Phi) is 5.50. The lowest BCUT2D eigenvalue weighted by atomic mass is 10.1. The summed E-state index contributed by atoms with van der Waals surface area (Å²) in [6.07, 6.45) is -3.63. The molecule has 0 saturated heterocycles. The molecule has 3 rings (SSSR count). The van der Waals surface area contributed by atoms with Gasteiger partial charge in [-0.1, -0.05) is 12.1 Å². The molecular weight excluding hydrogens is 377 g/mol. The molecule has 0 aliphatic heterocycles. The largest absolute Gasteiger partial charge is 0.497 e. The van der Waals surface area contributed by atoms with Gasteiger partial charge in [-0.3, -0.25) is 4.79 Å². The average Bonchev–Trinajstić information content (AvgIpc) is 3.10. The quantitative estimate of drug-likeness (QED) is 0.651. The summed E-state index contributed by atoms with van der Waals surface area (Å²) in [6.45, 7) is 0.468. The zero-order chi connectivity index (χ0) is 20.3. The van der Waals surface area contributed by atoms with Gasteiger partial charge in [0.1, 0.15) is 11.3 Å². The van der Waals surface area contributed by atoms with Crippen LogP contribution in [0.4, 0.5) is 13.2 Å². The van der Waals surface area contributed by atoms with Crippen molar-refractivity contribution in [2.75, 3.05) is 27.4 Å². The highest BCUT2D eigenvalue weighted by atomic mass is 19.4. The minimum absolute atomic E-state index is 0.0465. The first-order valence-electron chi connectivity index (χ1n) is 8.22. The Morgan fingerprint density at radius 2 is 2.04 bits per heavy atom. The van der Waals surface area contributed by atoms with Gasteiger partial charge in [-0.2, -0.15) is 18.3 Å². The van der Waals surface area contributed by atoms with Crippen LogP contribution in [0.1, 0.15) is 16.1 Å². The first-order valence-corrected chi connectivity index (χ1v) is 8.22. The van der Waals surface area contributed by atoms with Crippen molar-refractivity contribution in [1.29, 1.82) is 0 Å². The number of nitrogens with one attached hydrogen (secondary N) is 1. The van der Waals surface area contributed by atoms with Gasteiger partial charge in [0, 0.05) is 19.2 Å². The first kappa shape index (κ1) is 19.6. The summed E-state index contributed by atoms with van der Waals surface area (Å²) in [7, 11) is 2.93. The van der Waals surface area contributed by atoms with Gasteiger partial charge in [-0.05, 0) is 18.2 Å². The van der Waals surface area contributed by atoms with Crippen molar-refractivity contribution < 1.29 is 27.4 Å². The van der Waals surface area contributed by atoms with E-state index in [0.717, 1.165) is 12.3 Å². The van der Waals surface area contributed by atoms with Crippen LogP contribution in [0, 0.1) is 0 Å². The van der Waals surface area contributed by atoms with Crippen molar-refractivity contribution in [3.8, 4) is 17.0 Å². The lowest BCUT2D eigenvalue weighted by molar-refractivity contribution is -0.142. The number of fused-ring (bicyclic) bond motifs is 1. The third kappa shape index (κ3) is 3.91. The summed E-state index contributed by atoms with van der Waals surface area (Å²) >= 11 is 0. The molecule has 0 saturated carbocycles. The van der Waals surface area contributed by atoms with Crippen LogP contribution in [0.5, 0.6) is 5.75 Å². The summed E-state index contributed by atoms with van der Waals surface area (Å²) < 4.78 is 51.3. The molecule has 0 aliphatic carbocycles. The van der Waals surface area contributed by atoms with Crippen molar-refractivity contribution in [2.24, 2.45) is 0 Å². The summed E-state index contributed by atoms with van der Waals surface area (Å²) in [5.74, 6) is -0.116. The normalized spacial score (nSPS) is 11.6. The SMILES string of the molecule is COCCNC(=O)c1cnn2c(C(F)(F)F)cc(-c3cccc(OC)c3)nc12. The fourth-order valence-corrected chi connectivity index (χ4v) is 2.62. The minimum atomic E-state index is -4.69. The van der Waals surface area contributed by atoms with Crippen LogP contribution < -0.4 is 10.1 Å².